The van der Waals surface area contributed by atoms with Gasteiger partial charge in [0.15, 0.2) is 0 Å². The maximum Gasteiger partial charge on any atom is 0.268 e. The number of hydrogen-bond donors (Lipinski definition) is 0. The van der Waals surface area contributed by atoms with Gasteiger partial charge in [-0.3, -0.25) is 4.79 Å². The molecule has 0 aromatic rings. The summed E-state index contributed by atoms with van der Waals surface area (Å²) in [7, 11) is -0.709. The first-order chi connectivity index (χ1) is 9.55. The number of β-lactam (4-membered cyclic amide) rings is 1. The second kappa shape index (κ2) is 6.56. The number of rotatable bonds is 6. The molecule has 21 heavy (non-hydrogen) atoms. The van der Waals surface area contributed by atoms with E-state index in [1.807, 2.05) is 0 Å². The Bertz CT molecular complexity index is 398. The molecule has 3 nitrogen and oxygen atoms in total. The van der Waals surface area contributed by atoms with Crippen LogP contribution in [-0.2, 0) is 9.22 Å². The van der Waals surface area contributed by atoms with Gasteiger partial charge in [-0.05, 0) is 16.6 Å². The number of amides is 1. The van der Waals surface area contributed by atoms with Gasteiger partial charge in [-0.1, -0.05) is 41.5 Å². The molecule has 1 aliphatic heterocycles. The summed E-state index contributed by atoms with van der Waals surface area (Å²) in [5.74, 6) is -0.198. The van der Waals surface area contributed by atoms with Gasteiger partial charge in [0, 0.05) is 13.1 Å². The molecule has 0 aromatic heterocycles. The van der Waals surface area contributed by atoms with Gasteiger partial charge in [-0.25, -0.2) is 0 Å². The van der Waals surface area contributed by atoms with Crippen molar-refractivity contribution in [1.82, 2.24) is 4.90 Å². The summed E-state index contributed by atoms with van der Waals surface area (Å²) in [5, 5.41) is 0. The Morgan fingerprint density at radius 1 is 1.14 bits per heavy atom. The third-order valence-electron chi connectivity index (χ3n) is 4.68. The van der Waals surface area contributed by atoms with Crippen LogP contribution in [0.4, 0.5) is 8.78 Å². The molecule has 1 rings (SSSR count). The Morgan fingerprint density at radius 2 is 1.57 bits per heavy atom. The molecule has 122 valence electrons. The van der Waals surface area contributed by atoms with Gasteiger partial charge in [-0.15, -0.1) is 0 Å². The fraction of sp³-hybridized carbons (Fsp3) is 0.800. The smallest absolute Gasteiger partial charge is 0.268 e. The maximum absolute atomic E-state index is 12.6. The van der Waals surface area contributed by atoms with Crippen LogP contribution in [0, 0.1) is 0 Å². The Labute approximate surface area is 127 Å². The van der Waals surface area contributed by atoms with Crippen LogP contribution in [0.1, 0.15) is 41.5 Å². The molecular weight excluding hydrogens is 292 g/mol. The van der Waals surface area contributed by atoms with E-state index >= 15 is 0 Å². The first-order valence-electron chi connectivity index (χ1n) is 7.53. The summed E-state index contributed by atoms with van der Waals surface area (Å²) in [6.07, 6.45) is -1.69. The summed E-state index contributed by atoms with van der Waals surface area (Å²) < 4.78 is 31.5. The monoisotopic (exact) mass is 319 g/mol. The van der Waals surface area contributed by atoms with E-state index in [1.165, 1.54) is 11.9 Å². The first kappa shape index (κ1) is 18.3. The van der Waals surface area contributed by atoms with Crippen molar-refractivity contribution in [1.29, 1.82) is 0 Å². The number of carbonyl (C=O) groups excluding carboxylic acids is 1. The lowest BCUT2D eigenvalue weighted by molar-refractivity contribution is -0.157. The largest absolute Gasteiger partial charge is 0.402 e. The highest BCUT2D eigenvalue weighted by Gasteiger charge is 2.54. The van der Waals surface area contributed by atoms with Crippen LogP contribution in [0.5, 0.6) is 0 Å². The molecule has 0 saturated carbocycles. The van der Waals surface area contributed by atoms with Crippen molar-refractivity contribution in [3.8, 4) is 0 Å². The van der Waals surface area contributed by atoms with E-state index in [2.05, 4.69) is 41.5 Å². The van der Waals surface area contributed by atoms with Crippen LogP contribution in [0.25, 0.3) is 0 Å². The summed E-state index contributed by atoms with van der Waals surface area (Å²) >= 11 is 0. The molecule has 0 bridgehead atoms. The molecular formula is C15H27F2NO2Si. The third kappa shape index (κ3) is 3.21. The van der Waals surface area contributed by atoms with Crippen LogP contribution in [0.3, 0.4) is 0 Å². The predicted octanol–water partition coefficient (Wildman–Crippen LogP) is 4.17. The van der Waals surface area contributed by atoms with Crippen molar-refractivity contribution in [2.24, 2.45) is 0 Å². The van der Waals surface area contributed by atoms with Crippen molar-refractivity contribution < 1.29 is 18.0 Å². The van der Waals surface area contributed by atoms with Crippen LogP contribution in [-0.4, -0.2) is 38.3 Å². The summed E-state index contributed by atoms with van der Waals surface area (Å²) in [5.41, 5.74) is 0.947. The van der Waals surface area contributed by atoms with Gasteiger partial charge < -0.3 is 9.33 Å². The predicted molar refractivity (Wildman–Crippen MR) is 82.8 cm³/mol. The minimum absolute atomic E-state index is 0.198. The van der Waals surface area contributed by atoms with Crippen LogP contribution in [0.15, 0.2) is 12.2 Å². The fourth-order valence-corrected chi connectivity index (χ4v) is 9.19. The average molecular weight is 319 g/mol. The molecule has 0 N–H and O–H groups in total. The topological polar surface area (TPSA) is 29.5 Å². The van der Waals surface area contributed by atoms with E-state index in [0.29, 0.717) is 16.6 Å². The molecule has 0 aliphatic carbocycles. The number of nitrogens with zero attached hydrogens (tertiary/aromatic N) is 1. The lowest BCUT2D eigenvalue weighted by Crippen LogP contribution is -2.67. The summed E-state index contributed by atoms with van der Waals surface area (Å²) in [4.78, 5) is 13.4. The van der Waals surface area contributed by atoms with Crippen LogP contribution >= 0.6 is 0 Å². The molecule has 0 aromatic carbocycles. The minimum atomic E-state index is -2.25. The number of carbonyl (C=O) groups is 1. The van der Waals surface area contributed by atoms with Crippen LogP contribution in [0.2, 0.25) is 16.6 Å². The van der Waals surface area contributed by atoms with E-state index in [-0.39, 0.29) is 5.91 Å². The standard InChI is InChI=1S/C15H27F2NO2Si/c1-9(2)21(10(3)4,11(5)6)20-14-12(8-13(16)17)18(7)15(14)19/h8-12,14H,1-7H3/t12-,14+/m0/s1. The highest BCUT2D eigenvalue weighted by atomic mass is 28.4. The number of hydrogen-bond acceptors (Lipinski definition) is 2. The van der Waals surface area contributed by atoms with Crippen molar-refractivity contribution in [3.63, 3.8) is 0 Å². The van der Waals surface area contributed by atoms with E-state index in [4.69, 9.17) is 4.43 Å². The highest BCUT2D eigenvalue weighted by Crippen LogP contribution is 2.44. The molecule has 2 atom stereocenters. The lowest BCUT2D eigenvalue weighted by atomic mass is 10.00. The van der Waals surface area contributed by atoms with Crippen molar-refractivity contribution in [2.75, 3.05) is 7.05 Å². The maximum atomic E-state index is 12.6. The molecule has 1 saturated heterocycles. The minimum Gasteiger partial charge on any atom is -0.402 e. The molecule has 1 heterocycles. The van der Waals surface area contributed by atoms with Crippen molar-refractivity contribution in [3.05, 3.63) is 12.2 Å². The molecule has 0 radical (unpaired) electrons. The number of halogens is 2. The molecule has 6 heteroatoms. The van der Waals surface area contributed by atoms with Crippen molar-refractivity contribution >= 4 is 14.2 Å². The molecule has 1 aliphatic rings. The Balaban J connectivity index is 3.09. The second-order valence-electron chi connectivity index (χ2n) is 6.75. The third-order valence-corrected chi connectivity index (χ3v) is 10.8. The zero-order valence-corrected chi connectivity index (χ0v) is 15.0. The van der Waals surface area contributed by atoms with E-state index < -0.39 is 26.5 Å². The van der Waals surface area contributed by atoms with Gasteiger partial charge in [0.2, 0.25) is 8.32 Å². The number of likely N-dealkylation sites (N-methyl/N-ethyl adjacent to an activating group) is 1. The SMILES string of the molecule is CC(C)[Si](O[C@H]1C(=O)N(C)[C@H]1C=C(F)F)(C(C)C)C(C)C. The second-order valence-corrected chi connectivity index (χ2v) is 12.2. The summed E-state index contributed by atoms with van der Waals surface area (Å²) in [6.45, 7) is 12.7. The molecule has 1 fully saturated rings. The number of likely N-dealkylation sites (tertiary alicyclic amines) is 1. The summed E-state index contributed by atoms with van der Waals surface area (Å²) in [6, 6.07) is -0.648. The van der Waals surface area contributed by atoms with Gasteiger partial charge >= 0.3 is 0 Å². The van der Waals surface area contributed by atoms with Gasteiger partial charge in [-0.2, -0.15) is 8.78 Å². The highest BCUT2D eigenvalue weighted by molar-refractivity contribution is 6.77. The van der Waals surface area contributed by atoms with Gasteiger partial charge in [0.05, 0.1) is 6.04 Å². The van der Waals surface area contributed by atoms with E-state index in [0.717, 1.165) is 6.08 Å². The Kier molecular flexibility index (Phi) is 5.72. The Hall–Kier alpha value is -0.753. The fourth-order valence-electron chi connectivity index (χ4n) is 3.69. The Morgan fingerprint density at radius 3 is 1.90 bits per heavy atom. The van der Waals surface area contributed by atoms with E-state index in [9.17, 15) is 13.6 Å². The normalized spacial score (nSPS) is 23.0. The molecule has 1 amide bonds. The van der Waals surface area contributed by atoms with Crippen molar-refractivity contribution in [2.45, 2.75) is 70.3 Å². The first-order valence-corrected chi connectivity index (χ1v) is 9.67. The molecule has 0 unspecified atom stereocenters. The van der Waals surface area contributed by atoms with Gasteiger partial charge in [0.25, 0.3) is 12.0 Å². The zero-order valence-electron chi connectivity index (χ0n) is 14.0. The lowest BCUT2D eigenvalue weighted by Gasteiger charge is -2.51. The average Bonchev–Trinajstić information content (AvgIpc) is 2.35. The van der Waals surface area contributed by atoms with Crippen LogP contribution < -0.4 is 0 Å². The van der Waals surface area contributed by atoms with Gasteiger partial charge in [0.1, 0.15) is 6.10 Å². The van der Waals surface area contributed by atoms with E-state index in [1.54, 1.807) is 0 Å². The quantitative estimate of drug-likeness (QED) is 0.543. The molecule has 0 spiro atoms. The zero-order chi connectivity index (χ0) is 16.5.